The Kier molecular flexibility index (Phi) is 8.25. The van der Waals surface area contributed by atoms with Crippen LogP contribution in [0.4, 0.5) is 8.78 Å². The van der Waals surface area contributed by atoms with Crippen LogP contribution < -0.4 is 22.2 Å². The molecule has 4 aromatic carbocycles. The summed E-state index contributed by atoms with van der Waals surface area (Å²) in [5.41, 5.74) is 1.21. The number of carbonyl (C=O) groups excluding carboxylic acids is 2. The Morgan fingerprint density at radius 2 is 0.769 bits per heavy atom. The number of hydrogen-bond acceptors (Lipinski definition) is 6. The van der Waals surface area contributed by atoms with Crippen molar-refractivity contribution in [2.24, 2.45) is 0 Å². The van der Waals surface area contributed by atoms with Crippen LogP contribution in [0.3, 0.4) is 0 Å². The number of ketones is 2. The lowest BCUT2D eigenvalue weighted by Crippen LogP contribution is -2.37. The molecule has 0 radical (unpaired) electrons. The lowest BCUT2D eigenvalue weighted by Gasteiger charge is -2.18. The van der Waals surface area contributed by atoms with Crippen molar-refractivity contribution in [3.63, 3.8) is 0 Å². The largest absolute Gasteiger partial charge is 0.295 e. The van der Waals surface area contributed by atoms with Gasteiger partial charge in [0.2, 0.25) is 0 Å². The van der Waals surface area contributed by atoms with Crippen LogP contribution in [-0.2, 0) is 9.59 Å². The minimum atomic E-state index is -0.766. The second-order valence-corrected chi connectivity index (χ2v) is 12.6. The van der Waals surface area contributed by atoms with E-state index in [4.69, 9.17) is 0 Å². The smallest absolute Gasteiger partial charge is 0.277 e. The van der Waals surface area contributed by atoms with E-state index in [1.165, 1.54) is 81.1 Å². The molecule has 8 rings (SSSR count). The summed E-state index contributed by atoms with van der Waals surface area (Å²) in [6.45, 7) is 6.09. The van der Waals surface area contributed by atoms with Gasteiger partial charge in [0, 0.05) is 11.1 Å². The number of halogens is 2. The number of hydrogen-bond donors (Lipinski definition) is 0. The number of carbonyl (C=O) groups is 2. The van der Waals surface area contributed by atoms with Gasteiger partial charge in [0.15, 0.2) is 11.6 Å². The third kappa shape index (κ3) is 5.13. The Morgan fingerprint density at radius 1 is 0.481 bits per heavy atom. The van der Waals surface area contributed by atoms with Gasteiger partial charge in [-0.15, -0.1) is 0 Å². The van der Waals surface area contributed by atoms with Gasteiger partial charge in [-0.2, -0.15) is 0 Å². The predicted octanol–water partition coefficient (Wildman–Crippen LogP) is 5.45. The molecule has 6 aromatic rings. The van der Waals surface area contributed by atoms with Gasteiger partial charge in [0.25, 0.3) is 22.2 Å². The fraction of sp³-hybridized carbons (Fsp3) is 0.150. The molecule has 0 amide bonds. The number of benzene rings is 4. The van der Waals surface area contributed by atoms with Crippen molar-refractivity contribution >= 4 is 44.5 Å². The van der Waals surface area contributed by atoms with Gasteiger partial charge in [0.1, 0.15) is 23.7 Å². The molecule has 0 saturated carbocycles. The molecule has 4 heterocycles. The van der Waals surface area contributed by atoms with Crippen molar-refractivity contribution in [2.45, 2.75) is 39.8 Å². The quantitative estimate of drug-likeness (QED) is 0.241. The number of Topliss-reactive ketones (excluding diaryl/α,β-unsaturated/α-hetero) is 2. The van der Waals surface area contributed by atoms with Gasteiger partial charge in [-0.1, -0.05) is 48.5 Å². The highest BCUT2D eigenvalue weighted by Crippen LogP contribution is 2.36. The molecule has 2 aliphatic rings. The number of nitrogens with zero attached hydrogens (tertiary/aromatic N) is 4. The van der Waals surface area contributed by atoms with E-state index in [0.717, 1.165) is 0 Å². The Labute approximate surface area is 293 Å². The summed E-state index contributed by atoms with van der Waals surface area (Å²) in [5, 5.41) is 1.18. The lowest BCUT2D eigenvalue weighted by atomic mass is 9.96. The normalized spacial score (nSPS) is 16.2. The first kappa shape index (κ1) is 33.9. The van der Waals surface area contributed by atoms with Gasteiger partial charge in [-0.25, -0.2) is 27.5 Å². The topological polar surface area (TPSA) is 122 Å². The van der Waals surface area contributed by atoms with Crippen molar-refractivity contribution in [3.05, 3.63) is 172 Å². The minimum Gasteiger partial charge on any atom is -0.295 e. The van der Waals surface area contributed by atoms with Crippen molar-refractivity contribution in [1.29, 1.82) is 0 Å². The maximum Gasteiger partial charge on any atom is 0.277 e. The van der Waals surface area contributed by atoms with Crippen molar-refractivity contribution < 1.29 is 18.4 Å². The van der Waals surface area contributed by atoms with Crippen LogP contribution in [0.1, 0.15) is 50.9 Å². The van der Waals surface area contributed by atoms with Crippen molar-refractivity contribution in [1.82, 2.24) is 18.7 Å². The fourth-order valence-corrected chi connectivity index (χ4v) is 7.33. The minimum absolute atomic E-state index is 0.240. The fourth-order valence-electron chi connectivity index (χ4n) is 7.33. The first-order chi connectivity index (χ1) is 24.8. The summed E-state index contributed by atoms with van der Waals surface area (Å²) in [6, 6.07) is 22.8. The molecule has 12 heteroatoms. The van der Waals surface area contributed by atoms with E-state index in [-0.39, 0.29) is 33.8 Å². The molecule has 0 unspecified atom stereocenters. The van der Waals surface area contributed by atoms with Crippen LogP contribution in [0, 0.1) is 11.6 Å². The average Bonchev–Trinajstić information content (AvgIpc) is 3.62. The Balaban J connectivity index is 0.000000162. The van der Waals surface area contributed by atoms with E-state index in [1.54, 1.807) is 62.4 Å². The summed E-state index contributed by atoms with van der Waals surface area (Å²) in [5.74, 6) is -1.31. The number of fused-ring (bicyclic) bond motifs is 4. The molecule has 0 fully saturated rings. The second kappa shape index (κ2) is 12.6. The predicted molar refractivity (Wildman–Crippen MR) is 193 cm³/mol. The van der Waals surface area contributed by atoms with Gasteiger partial charge in [0.05, 0.1) is 32.9 Å². The van der Waals surface area contributed by atoms with Gasteiger partial charge < -0.3 is 0 Å². The lowest BCUT2D eigenvalue weighted by molar-refractivity contribution is -0.114. The van der Waals surface area contributed by atoms with E-state index in [1.807, 2.05) is 0 Å². The van der Waals surface area contributed by atoms with Gasteiger partial charge in [-0.05, 0) is 87.4 Å². The monoisotopic (exact) mass is 700 g/mol. The second-order valence-electron chi connectivity index (χ2n) is 12.6. The van der Waals surface area contributed by atoms with E-state index in [2.05, 4.69) is 0 Å². The number of allylic oxidation sites excluding steroid dienone is 4. The van der Waals surface area contributed by atoms with E-state index < -0.39 is 23.7 Å². The molecule has 0 aliphatic carbocycles. The SMILES string of the molecule is CC(=O)C1=C(C)n2c(=O)c3ccccc3c(=O)n2[C@H]1c1ccc(F)cc1.CC(=O)C1=C(C)n2c(=O)c3ccccc3c(=O)n2[C@H]1c1ccc(F)cc1. The van der Waals surface area contributed by atoms with Crippen molar-refractivity contribution in [3.8, 4) is 0 Å². The zero-order chi connectivity index (χ0) is 37.2. The molecule has 260 valence electrons. The van der Waals surface area contributed by atoms with E-state index in [9.17, 15) is 37.5 Å². The van der Waals surface area contributed by atoms with Crippen LogP contribution >= 0.6 is 0 Å². The zero-order valence-corrected chi connectivity index (χ0v) is 28.4. The van der Waals surface area contributed by atoms with Crippen LogP contribution in [0.5, 0.6) is 0 Å². The molecule has 2 aliphatic heterocycles. The molecule has 52 heavy (non-hydrogen) atoms. The third-order valence-electron chi connectivity index (χ3n) is 9.59. The third-order valence-corrected chi connectivity index (χ3v) is 9.59. The summed E-state index contributed by atoms with van der Waals surface area (Å²) in [4.78, 5) is 76.9. The molecule has 0 N–H and O–H groups in total. The highest BCUT2D eigenvalue weighted by Gasteiger charge is 2.37. The van der Waals surface area contributed by atoms with Crippen LogP contribution in [0.25, 0.3) is 32.9 Å². The summed E-state index contributed by atoms with van der Waals surface area (Å²) >= 11 is 0. The van der Waals surface area contributed by atoms with Crippen LogP contribution in [0.2, 0.25) is 0 Å². The summed E-state index contributed by atoms with van der Waals surface area (Å²) in [7, 11) is 0. The Bertz CT molecular complexity index is 2630. The molecule has 0 bridgehead atoms. The van der Waals surface area contributed by atoms with Gasteiger partial charge >= 0.3 is 0 Å². The van der Waals surface area contributed by atoms with E-state index >= 15 is 0 Å². The standard InChI is InChI=1S/2C20H15FN2O3/c2*1-11-17(12(2)24)18(13-7-9-14(21)10-8-13)23-20(26)16-6-4-3-5-15(16)19(25)22(11)23/h2*3-10,18H,1-2H3/t2*18-/m00/s1. The maximum atomic E-state index is 13.4. The molecular formula is C40H30F2N4O6. The number of rotatable bonds is 4. The first-order valence-electron chi connectivity index (χ1n) is 16.3. The van der Waals surface area contributed by atoms with Crippen molar-refractivity contribution in [2.75, 3.05) is 0 Å². The average molecular weight is 701 g/mol. The summed E-state index contributed by atoms with van der Waals surface area (Å²) in [6.07, 6.45) is 0. The highest BCUT2D eigenvalue weighted by molar-refractivity contribution is 6.02. The summed E-state index contributed by atoms with van der Waals surface area (Å²) < 4.78 is 31.8. The Hall–Kier alpha value is -6.56. The maximum absolute atomic E-state index is 13.4. The van der Waals surface area contributed by atoms with Crippen LogP contribution in [-0.4, -0.2) is 30.3 Å². The van der Waals surface area contributed by atoms with Gasteiger partial charge in [-0.3, -0.25) is 28.8 Å². The van der Waals surface area contributed by atoms with Crippen LogP contribution in [0.15, 0.2) is 127 Å². The molecule has 10 nitrogen and oxygen atoms in total. The molecule has 0 spiro atoms. The number of aromatic nitrogens is 4. The molecular weight excluding hydrogens is 670 g/mol. The first-order valence-corrected chi connectivity index (χ1v) is 16.3. The Morgan fingerprint density at radius 3 is 1.06 bits per heavy atom. The molecule has 0 saturated heterocycles. The highest BCUT2D eigenvalue weighted by atomic mass is 19.1. The molecule has 2 aromatic heterocycles. The van der Waals surface area contributed by atoms with E-state index in [0.29, 0.717) is 55.2 Å². The zero-order valence-electron chi connectivity index (χ0n) is 28.4. The molecule has 2 atom stereocenters.